The zero-order chi connectivity index (χ0) is 16.2. The summed E-state index contributed by atoms with van der Waals surface area (Å²) in [6.07, 6.45) is 3.34. The Morgan fingerprint density at radius 2 is 1.95 bits per heavy atom. The first-order valence-corrected chi connectivity index (χ1v) is 10.1. The molecule has 1 saturated heterocycles. The maximum Gasteiger partial charge on any atom is 0.244 e. The number of thioether (sulfide) groups is 1. The molecule has 0 aliphatic carbocycles. The molecule has 1 aromatic heterocycles. The normalized spacial score (nSPS) is 16.9. The first-order valence-electron chi connectivity index (χ1n) is 7.63. The van der Waals surface area contributed by atoms with E-state index in [0.717, 1.165) is 31.0 Å². The van der Waals surface area contributed by atoms with Crippen molar-refractivity contribution < 1.29 is 8.42 Å². The van der Waals surface area contributed by atoms with Crippen molar-refractivity contribution in [1.82, 2.24) is 9.29 Å². The molecular weight excluding hydrogens is 318 g/mol. The molecular formula is C15H25N3O2S2. The van der Waals surface area contributed by atoms with Crippen LogP contribution in [0.15, 0.2) is 23.2 Å². The monoisotopic (exact) mass is 343 g/mol. The summed E-state index contributed by atoms with van der Waals surface area (Å²) in [6, 6.07) is 3.38. The summed E-state index contributed by atoms with van der Waals surface area (Å²) in [6.45, 7) is 8.61. The van der Waals surface area contributed by atoms with Crippen LogP contribution in [-0.2, 0) is 10.0 Å². The summed E-state index contributed by atoms with van der Waals surface area (Å²) in [5.41, 5.74) is 0. The van der Waals surface area contributed by atoms with E-state index in [1.54, 1.807) is 12.1 Å². The number of rotatable bonds is 6. The van der Waals surface area contributed by atoms with E-state index in [1.165, 1.54) is 10.5 Å². The molecule has 22 heavy (non-hydrogen) atoms. The second-order valence-electron chi connectivity index (χ2n) is 6.38. The summed E-state index contributed by atoms with van der Waals surface area (Å²) in [5, 5.41) is 3.23. The van der Waals surface area contributed by atoms with Gasteiger partial charge in [0.05, 0.1) is 0 Å². The third kappa shape index (κ3) is 4.86. The van der Waals surface area contributed by atoms with Gasteiger partial charge in [-0.1, -0.05) is 20.8 Å². The highest BCUT2D eigenvalue weighted by Gasteiger charge is 2.27. The Balaban J connectivity index is 1.90. The second kappa shape index (κ2) is 7.19. The third-order valence-electron chi connectivity index (χ3n) is 3.38. The third-order valence-corrected chi connectivity index (χ3v) is 6.54. The van der Waals surface area contributed by atoms with Crippen molar-refractivity contribution in [3.05, 3.63) is 18.3 Å². The lowest BCUT2D eigenvalue weighted by Gasteiger charge is -2.18. The second-order valence-corrected chi connectivity index (χ2v) is 10.2. The van der Waals surface area contributed by atoms with Gasteiger partial charge in [0.2, 0.25) is 10.0 Å². The van der Waals surface area contributed by atoms with Crippen LogP contribution in [0, 0.1) is 0 Å². The zero-order valence-corrected chi connectivity index (χ0v) is 15.1. The van der Waals surface area contributed by atoms with E-state index in [1.807, 2.05) is 11.8 Å². The number of nitrogens with zero attached hydrogens (tertiary/aromatic N) is 2. The standard InChI is InChI=1S/C15H25N3O2S2/c1-15(2,3)21-11-8-16-14-7-6-13(12-17-14)22(19,20)18-9-4-5-10-18/h6-7,12H,4-5,8-11H2,1-3H3,(H,16,17). The van der Waals surface area contributed by atoms with Crippen LogP contribution in [0.4, 0.5) is 5.82 Å². The highest BCUT2D eigenvalue weighted by molar-refractivity contribution is 8.00. The number of anilines is 1. The van der Waals surface area contributed by atoms with Gasteiger partial charge < -0.3 is 5.32 Å². The molecule has 7 heteroatoms. The average Bonchev–Trinajstić information content (AvgIpc) is 2.98. The fourth-order valence-corrected chi connectivity index (χ4v) is 4.53. The van der Waals surface area contributed by atoms with E-state index in [4.69, 9.17) is 0 Å². The van der Waals surface area contributed by atoms with Crippen LogP contribution in [0.2, 0.25) is 0 Å². The lowest BCUT2D eigenvalue weighted by molar-refractivity contribution is 0.477. The van der Waals surface area contributed by atoms with Crippen molar-refractivity contribution in [2.75, 3.05) is 30.7 Å². The Bertz CT molecular complexity index is 574. The minimum atomic E-state index is -3.36. The van der Waals surface area contributed by atoms with Crippen LogP contribution in [0.5, 0.6) is 0 Å². The maximum absolute atomic E-state index is 12.4. The molecule has 2 heterocycles. The molecule has 0 unspecified atom stereocenters. The van der Waals surface area contributed by atoms with Crippen LogP contribution < -0.4 is 5.32 Å². The van der Waals surface area contributed by atoms with Crippen LogP contribution in [-0.4, -0.2) is 47.8 Å². The molecule has 0 saturated carbocycles. The Morgan fingerprint density at radius 1 is 1.27 bits per heavy atom. The van der Waals surface area contributed by atoms with E-state index in [0.29, 0.717) is 13.1 Å². The Labute approximate surface area is 137 Å². The topological polar surface area (TPSA) is 62.3 Å². The smallest absolute Gasteiger partial charge is 0.244 e. The molecule has 1 N–H and O–H groups in total. The molecule has 0 spiro atoms. The number of hydrogen-bond acceptors (Lipinski definition) is 5. The van der Waals surface area contributed by atoms with Crippen molar-refractivity contribution in [3.63, 3.8) is 0 Å². The average molecular weight is 344 g/mol. The Hall–Kier alpha value is -0.790. The van der Waals surface area contributed by atoms with E-state index in [2.05, 4.69) is 31.1 Å². The highest BCUT2D eigenvalue weighted by atomic mass is 32.2. The molecule has 0 bridgehead atoms. The van der Waals surface area contributed by atoms with Crippen molar-refractivity contribution in [2.45, 2.75) is 43.3 Å². The SMILES string of the molecule is CC(C)(C)SCCNc1ccc(S(=O)(=O)N2CCCC2)cn1. The Kier molecular flexibility index (Phi) is 5.74. The summed E-state index contributed by atoms with van der Waals surface area (Å²) in [5.74, 6) is 1.70. The minimum Gasteiger partial charge on any atom is -0.369 e. The van der Waals surface area contributed by atoms with Gasteiger partial charge in [0.1, 0.15) is 10.7 Å². The molecule has 124 valence electrons. The van der Waals surface area contributed by atoms with Gasteiger partial charge >= 0.3 is 0 Å². The number of pyridine rings is 1. The van der Waals surface area contributed by atoms with Gasteiger partial charge in [0.25, 0.3) is 0 Å². The van der Waals surface area contributed by atoms with E-state index >= 15 is 0 Å². The Morgan fingerprint density at radius 3 is 2.50 bits per heavy atom. The van der Waals surface area contributed by atoms with Crippen molar-refractivity contribution >= 4 is 27.6 Å². The molecule has 1 aromatic rings. The van der Waals surface area contributed by atoms with Gasteiger partial charge in [-0.05, 0) is 25.0 Å². The largest absolute Gasteiger partial charge is 0.369 e. The first-order chi connectivity index (χ1) is 10.3. The predicted molar refractivity (Wildman–Crippen MR) is 92.9 cm³/mol. The molecule has 0 aromatic carbocycles. The van der Waals surface area contributed by atoms with Gasteiger partial charge in [0.15, 0.2) is 0 Å². The van der Waals surface area contributed by atoms with Crippen LogP contribution in [0.1, 0.15) is 33.6 Å². The van der Waals surface area contributed by atoms with Crippen LogP contribution in [0.3, 0.4) is 0 Å². The van der Waals surface area contributed by atoms with Crippen LogP contribution >= 0.6 is 11.8 Å². The van der Waals surface area contributed by atoms with E-state index in [9.17, 15) is 8.42 Å². The number of sulfonamides is 1. The fourth-order valence-electron chi connectivity index (χ4n) is 2.25. The summed E-state index contributed by atoms with van der Waals surface area (Å²) in [4.78, 5) is 4.51. The summed E-state index contributed by atoms with van der Waals surface area (Å²) >= 11 is 1.88. The van der Waals surface area contributed by atoms with Crippen molar-refractivity contribution in [2.24, 2.45) is 0 Å². The van der Waals surface area contributed by atoms with Crippen molar-refractivity contribution in [3.8, 4) is 0 Å². The van der Waals surface area contributed by atoms with Gasteiger partial charge in [-0.3, -0.25) is 0 Å². The van der Waals surface area contributed by atoms with Gasteiger partial charge in [0, 0.05) is 36.3 Å². The number of hydrogen-bond donors (Lipinski definition) is 1. The molecule has 5 nitrogen and oxygen atoms in total. The maximum atomic E-state index is 12.4. The lowest BCUT2D eigenvalue weighted by Crippen LogP contribution is -2.27. The molecule has 0 radical (unpaired) electrons. The molecule has 1 aliphatic rings. The highest BCUT2D eigenvalue weighted by Crippen LogP contribution is 2.23. The zero-order valence-electron chi connectivity index (χ0n) is 13.5. The molecule has 1 aliphatic heterocycles. The first kappa shape index (κ1) is 17.6. The summed E-state index contributed by atoms with van der Waals surface area (Å²) < 4.78 is 26.5. The van der Waals surface area contributed by atoms with Crippen molar-refractivity contribution in [1.29, 1.82) is 0 Å². The molecule has 1 fully saturated rings. The quantitative estimate of drug-likeness (QED) is 0.805. The van der Waals surface area contributed by atoms with Gasteiger partial charge in [-0.2, -0.15) is 16.1 Å². The van der Waals surface area contributed by atoms with E-state index in [-0.39, 0.29) is 9.64 Å². The van der Waals surface area contributed by atoms with Gasteiger partial charge in [-0.15, -0.1) is 0 Å². The molecule has 0 amide bonds. The number of nitrogens with one attached hydrogen (secondary N) is 1. The van der Waals surface area contributed by atoms with Crippen LogP contribution in [0.25, 0.3) is 0 Å². The molecule has 2 rings (SSSR count). The fraction of sp³-hybridized carbons (Fsp3) is 0.667. The lowest BCUT2D eigenvalue weighted by atomic mass is 10.3. The number of aromatic nitrogens is 1. The van der Waals surface area contributed by atoms with E-state index < -0.39 is 10.0 Å². The minimum absolute atomic E-state index is 0.253. The molecule has 0 atom stereocenters. The van der Waals surface area contributed by atoms with Gasteiger partial charge in [-0.25, -0.2) is 13.4 Å². The predicted octanol–water partition coefficient (Wildman–Crippen LogP) is 2.81. The summed E-state index contributed by atoms with van der Waals surface area (Å²) in [7, 11) is -3.36.